The first-order valence-electron chi connectivity index (χ1n) is 7.91. The van der Waals surface area contributed by atoms with Crippen LogP contribution < -0.4 is 5.73 Å². The minimum absolute atomic E-state index is 0.239. The number of halogens is 1. The molecule has 2 fully saturated rings. The van der Waals surface area contributed by atoms with Crippen LogP contribution >= 0.6 is 30.4 Å². The van der Waals surface area contributed by atoms with Crippen molar-refractivity contribution in [1.82, 2.24) is 19.5 Å². The zero-order chi connectivity index (χ0) is 19.6. The smallest absolute Gasteiger partial charge is 0.382 e. The van der Waals surface area contributed by atoms with Crippen molar-refractivity contribution >= 4 is 47.4 Å². The molecule has 2 aromatic rings. The predicted octanol–water partition coefficient (Wildman–Crippen LogP) is 0.540. The number of hydrogen-bond donors (Lipinski definition) is 3. The van der Waals surface area contributed by atoms with Gasteiger partial charge in [0.1, 0.15) is 23.8 Å². The number of aromatic nitrogens is 4. The average molecular weight is 513 g/mol. The fourth-order valence-electron chi connectivity index (χ4n) is 3.28. The molecule has 12 nitrogen and oxygen atoms in total. The van der Waals surface area contributed by atoms with Gasteiger partial charge < -0.3 is 29.7 Å². The molecular weight excluding hydrogens is 496 g/mol. The van der Waals surface area contributed by atoms with Crippen LogP contribution in [-0.2, 0) is 23.3 Å². The van der Waals surface area contributed by atoms with Crippen molar-refractivity contribution in [3.05, 3.63) is 10.2 Å². The maximum absolute atomic E-state index is 11.1. The fraction of sp³-hybridized carbons (Fsp3) is 0.615. The Morgan fingerprint density at radius 2 is 2.07 bits per heavy atom. The minimum atomic E-state index is -4.65. The molecule has 2 aromatic heterocycles. The largest absolute Gasteiger partial charge is 0.469 e. The molecule has 2 aliphatic heterocycles. The summed E-state index contributed by atoms with van der Waals surface area (Å²) in [4.78, 5) is 30.7. The third-order valence-corrected chi connectivity index (χ3v) is 5.20. The zero-order valence-electron chi connectivity index (χ0n) is 14.2. The van der Waals surface area contributed by atoms with E-state index in [1.165, 1.54) is 6.33 Å². The lowest BCUT2D eigenvalue weighted by molar-refractivity contribution is -0.199. The molecule has 0 radical (unpaired) electrons. The Morgan fingerprint density at radius 1 is 1.37 bits per heavy atom. The van der Waals surface area contributed by atoms with Crippen molar-refractivity contribution < 1.29 is 33.1 Å². The van der Waals surface area contributed by atoms with Gasteiger partial charge >= 0.3 is 7.82 Å². The van der Waals surface area contributed by atoms with Gasteiger partial charge in [0, 0.05) is 22.6 Å². The summed E-state index contributed by atoms with van der Waals surface area (Å²) in [6.45, 7) is 3.14. The third kappa shape index (κ3) is 3.70. The molecule has 14 heteroatoms. The van der Waals surface area contributed by atoms with E-state index < -0.39 is 38.1 Å². The monoisotopic (exact) mass is 513 g/mol. The molecule has 2 aliphatic rings. The summed E-state index contributed by atoms with van der Waals surface area (Å²) in [5.74, 6) is -0.653. The summed E-state index contributed by atoms with van der Waals surface area (Å²) in [5, 5.41) is 0. The molecule has 4 N–H and O–H groups in total. The number of anilines is 1. The molecule has 0 aromatic carbocycles. The Morgan fingerprint density at radius 3 is 2.78 bits per heavy atom. The summed E-state index contributed by atoms with van der Waals surface area (Å²) in [7, 11) is -4.65. The van der Waals surface area contributed by atoms with Gasteiger partial charge in [0.25, 0.3) is 0 Å². The molecule has 0 saturated carbocycles. The summed E-state index contributed by atoms with van der Waals surface area (Å²) < 4.78 is 35.5. The molecule has 0 aliphatic carbocycles. The van der Waals surface area contributed by atoms with Crippen LogP contribution in [0.25, 0.3) is 11.2 Å². The molecule has 0 unspecified atom stereocenters. The van der Waals surface area contributed by atoms with Crippen molar-refractivity contribution in [1.29, 1.82) is 0 Å². The summed E-state index contributed by atoms with van der Waals surface area (Å²) in [5.41, 5.74) is 6.79. The number of phosphoric ester groups is 1. The molecule has 2 saturated heterocycles. The van der Waals surface area contributed by atoms with Crippen LogP contribution in [-0.4, -0.2) is 60.0 Å². The quantitative estimate of drug-likeness (QED) is 0.297. The lowest BCUT2D eigenvalue weighted by Crippen LogP contribution is -2.32. The first-order valence-corrected chi connectivity index (χ1v) is 10.5. The van der Waals surface area contributed by atoms with Gasteiger partial charge in [-0.05, 0) is 13.8 Å². The molecular formula is C13H17IN5O7P. The lowest BCUT2D eigenvalue weighted by Gasteiger charge is -2.24. The van der Waals surface area contributed by atoms with Gasteiger partial charge in [-0.25, -0.2) is 19.5 Å². The summed E-state index contributed by atoms with van der Waals surface area (Å²) in [6, 6.07) is 0. The standard InChI is InChI=1S/C13H17IN5O7P/c1-13(2)25-7-5(3-23-27(20,21)22)24-11(8(7)26-13)19-4-16-6-9(15)17-12(14)18-10(6)19/h4-5,7-8,11H,3H2,1-2H3,(H2,15,17,18)(H2,20,21,22)/t5-,7-,8-,11-/m1/s1. The molecule has 27 heavy (non-hydrogen) atoms. The number of nitrogen functional groups attached to an aromatic ring is 1. The highest BCUT2D eigenvalue weighted by Crippen LogP contribution is 2.45. The second kappa shape index (κ2) is 6.56. The van der Waals surface area contributed by atoms with Gasteiger partial charge in [-0.15, -0.1) is 0 Å². The molecule has 0 spiro atoms. The van der Waals surface area contributed by atoms with Crippen LogP contribution in [0.2, 0.25) is 0 Å². The van der Waals surface area contributed by atoms with Gasteiger partial charge in [-0.3, -0.25) is 9.09 Å². The Labute approximate surface area is 166 Å². The average Bonchev–Trinajstić information content (AvgIpc) is 3.15. The topological polar surface area (TPSA) is 164 Å². The number of fused-ring (bicyclic) bond motifs is 2. The van der Waals surface area contributed by atoms with E-state index in [0.717, 1.165) is 0 Å². The second-order valence-electron chi connectivity index (χ2n) is 6.62. The Hall–Kier alpha value is -0.930. The first kappa shape index (κ1) is 19.4. The minimum Gasteiger partial charge on any atom is -0.382 e. The van der Waals surface area contributed by atoms with E-state index in [-0.39, 0.29) is 12.4 Å². The number of phosphoric acid groups is 1. The number of rotatable bonds is 4. The highest BCUT2D eigenvalue weighted by Gasteiger charge is 2.56. The van der Waals surface area contributed by atoms with E-state index in [2.05, 4.69) is 19.5 Å². The number of imidazole rings is 1. The first-order chi connectivity index (χ1) is 12.5. The number of ether oxygens (including phenoxy) is 3. The molecule has 4 rings (SSSR count). The van der Waals surface area contributed by atoms with Crippen LogP contribution in [0.1, 0.15) is 20.1 Å². The highest BCUT2D eigenvalue weighted by atomic mass is 127. The highest BCUT2D eigenvalue weighted by molar-refractivity contribution is 14.1. The van der Waals surface area contributed by atoms with Gasteiger partial charge in [0.15, 0.2) is 27.3 Å². The van der Waals surface area contributed by atoms with Crippen LogP contribution in [0.5, 0.6) is 0 Å². The third-order valence-electron chi connectivity index (χ3n) is 4.23. The van der Waals surface area contributed by atoms with Crippen LogP contribution in [0.15, 0.2) is 6.33 Å². The van der Waals surface area contributed by atoms with Gasteiger partial charge in [0.2, 0.25) is 0 Å². The number of nitrogens with zero attached hydrogens (tertiary/aromatic N) is 4. The van der Waals surface area contributed by atoms with Crippen molar-refractivity contribution in [2.24, 2.45) is 0 Å². The van der Waals surface area contributed by atoms with E-state index in [9.17, 15) is 4.57 Å². The summed E-state index contributed by atoms with van der Waals surface area (Å²) in [6.07, 6.45) is -1.10. The molecule has 0 amide bonds. The maximum atomic E-state index is 11.1. The van der Waals surface area contributed by atoms with Crippen molar-refractivity contribution in [3.8, 4) is 0 Å². The van der Waals surface area contributed by atoms with E-state index in [1.54, 1.807) is 18.4 Å². The molecule has 4 heterocycles. The molecule has 4 atom stereocenters. The van der Waals surface area contributed by atoms with Crippen LogP contribution in [0, 0.1) is 3.83 Å². The normalized spacial score (nSPS) is 30.1. The van der Waals surface area contributed by atoms with Gasteiger partial charge in [0.05, 0.1) is 12.9 Å². The molecule has 0 bridgehead atoms. The maximum Gasteiger partial charge on any atom is 0.469 e. The zero-order valence-corrected chi connectivity index (χ0v) is 17.3. The predicted molar refractivity (Wildman–Crippen MR) is 98.2 cm³/mol. The van der Waals surface area contributed by atoms with Crippen molar-refractivity contribution in [2.45, 2.75) is 44.2 Å². The van der Waals surface area contributed by atoms with Gasteiger partial charge in [-0.1, -0.05) is 0 Å². The van der Waals surface area contributed by atoms with E-state index in [0.29, 0.717) is 15.0 Å². The Kier molecular flexibility index (Phi) is 4.71. The second-order valence-corrected chi connectivity index (χ2v) is 8.82. The van der Waals surface area contributed by atoms with Crippen molar-refractivity contribution in [2.75, 3.05) is 12.3 Å². The molecule has 148 valence electrons. The lowest BCUT2D eigenvalue weighted by atomic mass is 10.1. The Bertz CT molecular complexity index is 933. The number of nitrogens with two attached hydrogens (primary N) is 1. The van der Waals surface area contributed by atoms with E-state index in [4.69, 9.17) is 29.7 Å². The summed E-state index contributed by atoms with van der Waals surface area (Å²) >= 11 is 1.95. The van der Waals surface area contributed by atoms with Crippen LogP contribution in [0.3, 0.4) is 0 Å². The van der Waals surface area contributed by atoms with Crippen molar-refractivity contribution in [3.63, 3.8) is 0 Å². The Balaban J connectivity index is 1.69. The van der Waals surface area contributed by atoms with Gasteiger partial charge in [-0.2, -0.15) is 0 Å². The number of hydrogen-bond acceptors (Lipinski definition) is 9. The fourth-order valence-corrected chi connectivity index (χ4v) is 4.11. The van der Waals surface area contributed by atoms with E-state index >= 15 is 0 Å². The SMILES string of the molecule is CC1(C)O[C@@H]2[C@H](O1)[C@@H](COP(=O)(O)O)O[C@H]2n1cnc2c(N)nc(I)nc21. The van der Waals surface area contributed by atoms with E-state index in [1.807, 2.05) is 22.6 Å². The van der Waals surface area contributed by atoms with Crippen LogP contribution in [0.4, 0.5) is 5.82 Å².